The van der Waals surface area contributed by atoms with E-state index in [0.717, 1.165) is 43.1 Å². The minimum atomic E-state index is -1.01. The van der Waals surface area contributed by atoms with E-state index in [1.807, 2.05) is 44.2 Å². The number of hydrogen-bond acceptors (Lipinski definition) is 6. The van der Waals surface area contributed by atoms with E-state index in [0.29, 0.717) is 11.3 Å². The molecule has 0 amide bonds. The lowest BCUT2D eigenvalue weighted by Crippen LogP contribution is -2.38. The maximum atomic E-state index is 11.1. The van der Waals surface area contributed by atoms with E-state index in [2.05, 4.69) is 33.1 Å². The Bertz CT molecular complexity index is 1000. The summed E-state index contributed by atoms with van der Waals surface area (Å²) in [4.78, 5) is 17.3. The summed E-state index contributed by atoms with van der Waals surface area (Å²) < 4.78 is 6.16. The van der Waals surface area contributed by atoms with Crippen molar-refractivity contribution in [1.82, 2.24) is 15.2 Å². The van der Waals surface area contributed by atoms with Gasteiger partial charge < -0.3 is 14.7 Å². The van der Waals surface area contributed by atoms with Crippen LogP contribution in [-0.2, 0) is 0 Å². The Morgan fingerprint density at radius 2 is 1.81 bits per heavy atom. The molecule has 1 aromatic carbocycles. The Hall–Kier alpha value is -3.48. The molecule has 0 aliphatic carbocycles. The molecule has 0 radical (unpaired) electrons. The second-order valence-corrected chi connectivity index (χ2v) is 7.11. The number of carbonyl (C=O) groups is 1. The number of piperidine rings is 1. The Labute approximate surface area is 182 Å². The van der Waals surface area contributed by atoms with Gasteiger partial charge in [0.1, 0.15) is 11.9 Å². The minimum absolute atomic E-state index is 0.129. The van der Waals surface area contributed by atoms with E-state index in [1.165, 1.54) is 6.20 Å². The number of para-hydroxylation sites is 1. The minimum Gasteiger partial charge on any atom is -0.490 e. The summed E-state index contributed by atoms with van der Waals surface area (Å²) >= 11 is 0. The number of aromatic nitrogens is 3. The van der Waals surface area contributed by atoms with Gasteiger partial charge in [-0.25, -0.2) is 4.79 Å². The quantitative estimate of drug-likeness (QED) is 0.644. The highest BCUT2D eigenvalue weighted by atomic mass is 16.5. The number of nitrogens with zero attached hydrogens (tertiary/aromatic N) is 4. The van der Waals surface area contributed by atoms with Crippen LogP contribution < -0.4 is 9.64 Å². The van der Waals surface area contributed by atoms with Gasteiger partial charge in [-0.2, -0.15) is 0 Å². The van der Waals surface area contributed by atoms with Crippen molar-refractivity contribution in [3.63, 3.8) is 0 Å². The van der Waals surface area contributed by atoms with Gasteiger partial charge in [-0.3, -0.25) is 4.98 Å². The number of carboxylic acid groups (broad SMARTS) is 1. The second-order valence-electron chi connectivity index (χ2n) is 7.11. The van der Waals surface area contributed by atoms with Crippen molar-refractivity contribution in [2.75, 3.05) is 18.0 Å². The number of carboxylic acids is 1. The SMILES string of the molecule is CC.Cc1ccccc1OC1CCN(c2ccc(-c3cncc(C(=O)O)c3)nn2)CC1. The number of aromatic carboxylic acids is 1. The number of aryl methyl sites for hydroxylation is 1. The zero-order valence-corrected chi connectivity index (χ0v) is 18.2. The number of anilines is 1. The first kappa shape index (κ1) is 22.2. The smallest absolute Gasteiger partial charge is 0.337 e. The van der Waals surface area contributed by atoms with Gasteiger partial charge in [0.05, 0.1) is 11.3 Å². The fourth-order valence-electron chi connectivity index (χ4n) is 3.42. The molecule has 1 saturated heterocycles. The van der Waals surface area contributed by atoms with Crippen LogP contribution >= 0.6 is 0 Å². The van der Waals surface area contributed by atoms with Gasteiger partial charge in [0.2, 0.25) is 0 Å². The predicted molar refractivity (Wildman–Crippen MR) is 121 cm³/mol. The van der Waals surface area contributed by atoms with Crippen LogP contribution in [0.5, 0.6) is 5.75 Å². The largest absolute Gasteiger partial charge is 0.490 e. The topological polar surface area (TPSA) is 88.4 Å². The average Bonchev–Trinajstić information content (AvgIpc) is 2.82. The highest BCUT2D eigenvalue weighted by Crippen LogP contribution is 2.25. The van der Waals surface area contributed by atoms with E-state index < -0.39 is 5.97 Å². The monoisotopic (exact) mass is 420 g/mol. The molecular formula is C24H28N4O3. The lowest BCUT2D eigenvalue weighted by Gasteiger charge is -2.33. The van der Waals surface area contributed by atoms with E-state index in [-0.39, 0.29) is 11.7 Å². The Balaban J connectivity index is 0.00000132. The summed E-state index contributed by atoms with van der Waals surface area (Å²) in [5, 5.41) is 17.7. The third-order valence-corrected chi connectivity index (χ3v) is 5.08. The standard InChI is InChI=1S/C22H22N4O3.C2H6/c1-15-4-2-3-5-20(15)29-18-8-10-26(11-9-18)21-7-6-19(24-25-21)16-12-17(22(27)28)14-23-13-16;1-2/h2-7,12-14,18H,8-11H2,1H3,(H,27,28);1-2H3. The summed E-state index contributed by atoms with van der Waals surface area (Å²) in [6.07, 6.45) is 4.94. The molecular weight excluding hydrogens is 392 g/mol. The van der Waals surface area contributed by atoms with Crippen molar-refractivity contribution in [3.8, 4) is 17.0 Å². The Kier molecular flexibility index (Phi) is 7.54. The normalized spacial score (nSPS) is 13.8. The second kappa shape index (κ2) is 10.5. The van der Waals surface area contributed by atoms with Gasteiger partial charge in [-0.15, -0.1) is 10.2 Å². The van der Waals surface area contributed by atoms with Crippen LogP contribution in [0.3, 0.4) is 0 Å². The van der Waals surface area contributed by atoms with Crippen molar-refractivity contribution >= 4 is 11.8 Å². The van der Waals surface area contributed by atoms with Crippen LogP contribution in [0.2, 0.25) is 0 Å². The predicted octanol–water partition coefficient (Wildman–Crippen LogP) is 4.62. The molecule has 4 rings (SSSR count). The molecule has 1 aliphatic rings. The van der Waals surface area contributed by atoms with Gasteiger partial charge >= 0.3 is 5.97 Å². The van der Waals surface area contributed by atoms with Crippen LogP contribution in [0, 0.1) is 6.92 Å². The molecule has 0 spiro atoms. The van der Waals surface area contributed by atoms with Crippen LogP contribution in [0.4, 0.5) is 5.82 Å². The molecule has 1 aliphatic heterocycles. The number of pyridine rings is 1. The highest BCUT2D eigenvalue weighted by molar-refractivity contribution is 5.88. The maximum Gasteiger partial charge on any atom is 0.337 e. The number of benzene rings is 1. The molecule has 0 atom stereocenters. The van der Waals surface area contributed by atoms with Crippen molar-refractivity contribution in [1.29, 1.82) is 0 Å². The molecule has 0 bridgehead atoms. The molecule has 162 valence electrons. The van der Waals surface area contributed by atoms with Crippen LogP contribution in [0.15, 0.2) is 54.9 Å². The molecule has 1 fully saturated rings. The molecule has 0 unspecified atom stereocenters. The van der Waals surface area contributed by atoms with E-state index in [1.54, 1.807) is 12.3 Å². The third-order valence-electron chi connectivity index (χ3n) is 5.08. The zero-order valence-electron chi connectivity index (χ0n) is 18.2. The molecule has 0 saturated carbocycles. The Morgan fingerprint density at radius 3 is 2.45 bits per heavy atom. The molecule has 7 nitrogen and oxygen atoms in total. The highest BCUT2D eigenvalue weighted by Gasteiger charge is 2.22. The van der Waals surface area contributed by atoms with Crippen molar-refractivity contribution in [2.24, 2.45) is 0 Å². The van der Waals surface area contributed by atoms with E-state index in [4.69, 9.17) is 9.84 Å². The first-order valence-corrected chi connectivity index (χ1v) is 10.6. The first-order chi connectivity index (χ1) is 15.1. The van der Waals surface area contributed by atoms with Gasteiger partial charge in [0.25, 0.3) is 0 Å². The molecule has 3 heterocycles. The summed E-state index contributed by atoms with van der Waals surface area (Å²) in [5.41, 5.74) is 2.51. The van der Waals surface area contributed by atoms with E-state index >= 15 is 0 Å². The maximum absolute atomic E-state index is 11.1. The van der Waals surface area contributed by atoms with E-state index in [9.17, 15) is 4.79 Å². The molecule has 3 aromatic rings. The lowest BCUT2D eigenvalue weighted by atomic mass is 10.1. The number of rotatable bonds is 5. The van der Waals surface area contributed by atoms with Gasteiger partial charge in [-0.1, -0.05) is 32.0 Å². The fraction of sp³-hybridized carbons (Fsp3) is 0.333. The molecule has 7 heteroatoms. The number of ether oxygens (including phenoxy) is 1. The van der Waals surface area contributed by atoms with Gasteiger partial charge in [0, 0.05) is 43.9 Å². The molecule has 2 aromatic heterocycles. The lowest BCUT2D eigenvalue weighted by molar-refractivity contribution is 0.0696. The summed E-state index contributed by atoms with van der Waals surface area (Å²) in [7, 11) is 0. The van der Waals surface area contributed by atoms with Gasteiger partial charge in [0.15, 0.2) is 5.82 Å². The van der Waals surface area contributed by atoms with Crippen molar-refractivity contribution < 1.29 is 14.6 Å². The first-order valence-electron chi connectivity index (χ1n) is 10.6. The fourth-order valence-corrected chi connectivity index (χ4v) is 3.42. The number of hydrogen-bond donors (Lipinski definition) is 1. The summed E-state index contributed by atoms with van der Waals surface area (Å²) in [6, 6.07) is 13.4. The third kappa shape index (κ3) is 5.57. The molecule has 1 N–H and O–H groups in total. The zero-order chi connectivity index (χ0) is 22.2. The Morgan fingerprint density at radius 1 is 1.06 bits per heavy atom. The van der Waals surface area contributed by atoms with Crippen molar-refractivity contribution in [2.45, 2.75) is 39.7 Å². The van der Waals surface area contributed by atoms with Gasteiger partial charge in [-0.05, 0) is 36.8 Å². The average molecular weight is 421 g/mol. The molecule has 31 heavy (non-hydrogen) atoms. The summed E-state index contributed by atoms with van der Waals surface area (Å²) in [6.45, 7) is 7.75. The van der Waals surface area contributed by atoms with Crippen molar-refractivity contribution in [3.05, 3.63) is 66.0 Å². The summed E-state index contributed by atoms with van der Waals surface area (Å²) in [5.74, 6) is 0.748. The van der Waals surface area contributed by atoms with Crippen LogP contribution in [-0.4, -0.2) is 45.5 Å². The van der Waals surface area contributed by atoms with Crippen LogP contribution in [0.1, 0.15) is 42.6 Å². The van der Waals surface area contributed by atoms with Crippen LogP contribution in [0.25, 0.3) is 11.3 Å².